The molecular formula is C20H23N2OU-. The second kappa shape index (κ2) is 9.39. The average Bonchev–Trinajstić information content (AvgIpc) is 3.11. The number of hydrogen-bond acceptors (Lipinski definition) is 2. The fourth-order valence-electron chi connectivity index (χ4n) is 3.48. The van der Waals surface area contributed by atoms with Gasteiger partial charge in [0.15, 0.2) is 0 Å². The summed E-state index contributed by atoms with van der Waals surface area (Å²) >= 11 is 0. The third-order valence-electron chi connectivity index (χ3n) is 4.82. The maximum atomic E-state index is 12.6. The SMILES string of the molecule is CCC(NC(=O)C1CCC(c2c[c-]ccc2)C1)c1cccnc1.[U]. The average molecular weight is 545 g/mol. The second-order valence-corrected chi connectivity index (χ2v) is 6.30. The van der Waals surface area contributed by atoms with E-state index in [1.54, 1.807) is 6.20 Å². The van der Waals surface area contributed by atoms with E-state index in [0.29, 0.717) is 5.92 Å². The summed E-state index contributed by atoms with van der Waals surface area (Å²) in [6.07, 6.45) is 7.46. The molecular weight excluding hydrogens is 522 g/mol. The predicted molar refractivity (Wildman–Crippen MR) is 90.8 cm³/mol. The molecule has 3 rings (SSSR count). The molecule has 0 saturated heterocycles. The van der Waals surface area contributed by atoms with Crippen molar-refractivity contribution in [1.29, 1.82) is 0 Å². The van der Waals surface area contributed by atoms with Gasteiger partial charge in [0, 0.05) is 49.4 Å². The van der Waals surface area contributed by atoms with E-state index < -0.39 is 0 Å². The fraction of sp³-hybridized carbons (Fsp3) is 0.400. The maximum absolute atomic E-state index is 12.6. The number of pyridine rings is 1. The Morgan fingerprint density at radius 2 is 2.25 bits per heavy atom. The quantitative estimate of drug-likeness (QED) is 0.577. The van der Waals surface area contributed by atoms with Crippen LogP contribution in [0.5, 0.6) is 0 Å². The predicted octanol–water partition coefficient (Wildman–Crippen LogP) is 4.03. The number of aromatic nitrogens is 1. The third kappa shape index (κ3) is 4.71. The van der Waals surface area contributed by atoms with Gasteiger partial charge >= 0.3 is 0 Å². The molecule has 1 aliphatic rings. The molecule has 1 fully saturated rings. The summed E-state index contributed by atoms with van der Waals surface area (Å²) in [7, 11) is 0. The zero-order chi connectivity index (χ0) is 16.1. The first kappa shape index (κ1) is 19.2. The van der Waals surface area contributed by atoms with Crippen molar-refractivity contribution in [2.75, 3.05) is 0 Å². The Bertz CT molecular complexity index is 633. The topological polar surface area (TPSA) is 42.0 Å². The monoisotopic (exact) mass is 545 g/mol. The molecule has 1 aromatic carbocycles. The number of amides is 1. The standard InChI is InChI=1S/C20H23N2O.U/c1-2-19(18-9-6-12-21-14-18)22-20(23)17-11-10-16(13-17)15-7-4-3-5-8-15;/h3-4,6-9,12,14,16-17,19H,2,10-11,13H2,1H3,(H,22,23);/q-1;. The van der Waals surface area contributed by atoms with Crippen LogP contribution in [-0.2, 0) is 4.79 Å². The molecule has 24 heavy (non-hydrogen) atoms. The van der Waals surface area contributed by atoms with Crippen LogP contribution in [0.15, 0.2) is 48.8 Å². The van der Waals surface area contributed by atoms with Crippen LogP contribution >= 0.6 is 0 Å². The van der Waals surface area contributed by atoms with E-state index in [4.69, 9.17) is 0 Å². The van der Waals surface area contributed by atoms with Gasteiger partial charge in [-0.1, -0.05) is 25.3 Å². The summed E-state index contributed by atoms with van der Waals surface area (Å²) in [4.78, 5) is 16.8. The number of hydrogen-bond donors (Lipinski definition) is 1. The van der Waals surface area contributed by atoms with Crippen molar-refractivity contribution in [3.05, 3.63) is 66.0 Å². The van der Waals surface area contributed by atoms with Crippen LogP contribution in [0.1, 0.15) is 55.7 Å². The van der Waals surface area contributed by atoms with Crippen LogP contribution in [0.4, 0.5) is 0 Å². The van der Waals surface area contributed by atoms with E-state index in [2.05, 4.69) is 35.4 Å². The van der Waals surface area contributed by atoms with Crippen LogP contribution in [0.25, 0.3) is 0 Å². The molecule has 3 nitrogen and oxygen atoms in total. The summed E-state index contributed by atoms with van der Waals surface area (Å²) in [6.45, 7) is 2.09. The molecule has 124 valence electrons. The first-order chi connectivity index (χ1) is 11.3. The van der Waals surface area contributed by atoms with E-state index in [1.807, 2.05) is 30.5 Å². The van der Waals surface area contributed by atoms with Crippen LogP contribution in [0.3, 0.4) is 0 Å². The van der Waals surface area contributed by atoms with Crippen molar-refractivity contribution in [2.24, 2.45) is 5.92 Å². The molecule has 3 unspecified atom stereocenters. The van der Waals surface area contributed by atoms with E-state index >= 15 is 0 Å². The Kier molecular flexibility index (Phi) is 7.52. The zero-order valence-electron chi connectivity index (χ0n) is 14.0. The molecule has 1 amide bonds. The number of benzene rings is 1. The van der Waals surface area contributed by atoms with Gasteiger partial charge in [0.25, 0.3) is 0 Å². The molecule has 0 bridgehead atoms. The van der Waals surface area contributed by atoms with Crippen molar-refractivity contribution in [1.82, 2.24) is 10.3 Å². The van der Waals surface area contributed by atoms with Crippen molar-refractivity contribution >= 4 is 5.91 Å². The maximum Gasteiger partial charge on any atom is 0.223 e. The fourth-order valence-corrected chi connectivity index (χ4v) is 3.48. The van der Waals surface area contributed by atoms with E-state index in [1.165, 1.54) is 5.56 Å². The van der Waals surface area contributed by atoms with Crippen molar-refractivity contribution in [2.45, 2.75) is 44.6 Å². The Hall–Kier alpha value is -1.11. The van der Waals surface area contributed by atoms with Gasteiger partial charge in [0.2, 0.25) is 5.91 Å². The normalized spacial score (nSPS) is 20.9. The third-order valence-corrected chi connectivity index (χ3v) is 4.82. The Balaban J connectivity index is 0.00000208. The number of rotatable bonds is 5. The minimum absolute atomic E-state index is 0. The second-order valence-electron chi connectivity index (χ2n) is 6.30. The number of nitrogens with zero attached hydrogens (tertiary/aromatic N) is 1. The molecule has 3 atom stereocenters. The van der Waals surface area contributed by atoms with Gasteiger partial charge in [-0.05, 0) is 30.9 Å². The van der Waals surface area contributed by atoms with Gasteiger partial charge in [-0.3, -0.25) is 9.78 Å². The van der Waals surface area contributed by atoms with Gasteiger partial charge < -0.3 is 5.32 Å². The first-order valence-electron chi connectivity index (χ1n) is 8.44. The minimum Gasteiger partial charge on any atom is -0.349 e. The van der Waals surface area contributed by atoms with Gasteiger partial charge in [-0.2, -0.15) is 35.9 Å². The van der Waals surface area contributed by atoms with Gasteiger partial charge in [-0.25, -0.2) is 0 Å². The molecule has 1 aliphatic carbocycles. The van der Waals surface area contributed by atoms with Crippen LogP contribution in [0, 0.1) is 43.1 Å². The van der Waals surface area contributed by atoms with Gasteiger partial charge in [0.1, 0.15) is 0 Å². The number of nitrogens with one attached hydrogen (secondary N) is 1. The molecule has 0 radical (unpaired) electrons. The summed E-state index contributed by atoms with van der Waals surface area (Å²) in [5.74, 6) is 0.788. The van der Waals surface area contributed by atoms with Gasteiger partial charge in [-0.15, -0.1) is 0 Å². The molecule has 1 heterocycles. The first-order valence-corrected chi connectivity index (χ1v) is 8.44. The summed E-state index contributed by atoms with van der Waals surface area (Å²) in [5.41, 5.74) is 2.39. The van der Waals surface area contributed by atoms with Gasteiger partial charge in [0.05, 0.1) is 6.04 Å². The van der Waals surface area contributed by atoms with Crippen LogP contribution < -0.4 is 5.32 Å². The van der Waals surface area contributed by atoms with E-state index in [9.17, 15) is 4.79 Å². The van der Waals surface area contributed by atoms with E-state index in [0.717, 1.165) is 31.2 Å². The Morgan fingerprint density at radius 1 is 1.38 bits per heavy atom. The molecule has 4 heteroatoms. The Morgan fingerprint density at radius 3 is 2.92 bits per heavy atom. The molecule has 2 aromatic rings. The largest absolute Gasteiger partial charge is 0.349 e. The summed E-state index contributed by atoms with van der Waals surface area (Å²) < 4.78 is 0. The molecule has 1 saturated carbocycles. The van der Waals surface area contributed by atoms with E-state index in [-0.39, 0.29) is 49.0 Å². The minimum atomic E-state index is 0. The molecule has 1 aromatic heterocycles. The summed E-state index contributed by atoms with van der Waals surface area (Å²) in [6, 6.07) is 15.3. The molecule has 1 N–H and O–H groups in total. The van der Waals surface area contributed by atoms with Crippen LogP contribution in [0.2, 0.25) is 0 Å². The molecule has 0 spiro atoms. The summed E-state index contributed by atoms with van der Waals surface area (Å²) in [5, 5.41) is 3.21. The molecule has 0 aliphatic heterocycles. The Labute approximate surface area is 168 Å². The number of carbonyl (C=O) groups excluding carboxylic acids is 1. The van der Waals surface area contributed by atoms with Crippen molar-refractivity contribution in [3.8, 4) is 0 Å². The van der Waals surface area contributed by atoms with Crippen LogP contribution in [-0.4, -0.2) is 10.9 Å². The smallest absolute Gasteiger partial charge is 0.223 e. The van der Waals surface area contributed by atoms with Crippen molar-refractivity contribution < 1.29 is 35.9 Å². The van der Waals surface area contributed by atoms with Crippen molar-refractivity contribution in [3.63, 3.8) is 0 Å². The number of carbonyl (C=O) groups is 1. The zero-order valence-corrected chi connectivity index (χ0v) is 18.2.